The number of piperidine rings is 1. The second kappa shape index (κ2) is 4.96. The molecule has 1 unspecified atom stereocenters. The van der Waals surface area contributed by atoms with Gasteiger partial charge in [0.05, 0.1) is 24.9 Å². The molecule has 0 radical (unpaired) electrons. The highest BCUT2D eigenvalue weighted by Crippen LogP contribution is 2.09. The zero-order valence-electron chi connectivity index (χ0n) is 6.42. The maximum Gasteiger partial charge on any atom is 0.109 e. The van der Waals surface area contributed by atoms with Crippen molar-refractivity contribution in [3.05, 3.63) is 0 Å². The van der Waals surface area contributed by atoms with Crippen LogP contribution < -0.4 is 5.32 Å². The molecular formula is C6H14ClNO4. The predicted molar refractivity (Wildman–Crippen MR) is 44.1 cm³/mol. The van der Waals surface area contributed by atoms with Crippen LogP contribution in [0.5, 0.6) is 0 Å². The lowest BCUT2D eigenvalue weighted by Gasteiger charge is -2.34. The highest BCUT2D eigenvalue weighted by molar-refractivity contribution is 5.85. The first-order valence-corrected chi connectivity index (χ1v) is 3.55. The summed E-state index contributed by atoms with van der Waals surface area (Å²) in [6.45, 7) is -0.0472. The fraction of sp³-hybridized carbons (Fsp3) is 1.00. The van der Waals surface area contributed by atoms with Gasteiger partial charge in [0.2, 0.25) is 0 Å². The second-order valence-electron chi connectivity index (χ2n) is 2.75. The van der Waals surface area contributed by atoms with Crippen molar-refractivity contribution in [2.75, 3.05) is 13.2 Å². The van der Waals surface area contributed by atoms with Gasteiger partial charge in [-0.1, -0.05) is 0 Å². The first-order valence-electron chi connectivity index (χ1n) is 3.55. The molecule has 0 aliphatic carbocycles. The first-order chi connectivity index (χ1) is 5.16. The Morgan fingerprint density at radius 2 is 1.75 bits per heavy atom. The van der Waals surface area contributed by atoms with Crippen molar-refractivity contribution in [1.82, 2.24) is 5.32 Å². The molecular weight excluding hydrogens is 186 g/mol. The Labute approximate surface area is 76.4 Å². The molecule has 0 bridgehead atoms. The quantitative estimate of drug-likeness (QED) is 0.321. The molecule has 74 valence electrons. The zero-order valence-corrected chi connectivity index (χ0v) is 7.24. The Kier molecular flexibility index (Phi) is 5.00. The van der Waals surface area contributed by atoms with Crippen LogP contribution >= 0.6 is 12.4 Å². The number of hydrogen-bond acceptors (Lipinski definition) is 5. The van der Waals surface area contributed by atoms with Crippen molar-refractivity contribution in [3.8, 4) is 0 Å². The summed E-state index contributed by atoms with van der Waals surface area (Å²) in [5, 5.41) is 38.6. The molecule has 12 heavy (non-hydrogen) atoms. The third-order valence-corrected chi connectivity index (χ3v) is 1.94. The number of rotatable bonds is 1. The van der Waals surface area contributed by atoms with Crippen LogP contribution in [0.2, 0.25) is 0 Å². The van der Waals surface area contributed by atoms with Gasteiger partial charge in [-0.3, -0.25) is 0 Å². The maximum absolute atomic E-state index is 9.18. The summed E-state index contributed by atoms with van der Waals surface area (Å²) in [7, 11) is 0. The van der Waals surface area contributed by atoms with Crippen LogP contribution in [0.4, 0.5) is 0 Å². The van der Waals surface area contributed by atoms with E-state index in [9.17, 15) is 5.11 Å². The van der Waals surface area contributed by atoms with E-state index < -0.39 is 24.4 Å². The second-order valence-corrected chi connectivity index (χ2v) is 2.75. The summed E-state index contributed by atoms with van der Waals surface area (Å²) < 4.78 is 0. The molecule has 1 rings (SSSR count). The van der Waals surface area contributed by atoms with E-state index >= 15 is 0 Å². The van der Waals surface area contributed by atoms with Gasteiger partial charge >= 0.3 is 0 Å². The lowest BCUT2D eigenvalue weighted by Crippen LogP contribution is -2.60. The number of hydrogen-bond donors (Lipinski definition) is 5. The van der Waals surface area contributed by atoms with Crippen molar-refractivity contribution in [3.63, 3.8) is 0 Å². The van der Waals surface area contributed by atoms with E-state index in [-0.39, 0.29) is 25.6 Å². The highest BCUT2D eigenvalue weighted by atomic mass is 35.5. The van der Waals surface area contributed by atoms with Crippen LogP contribution in [0.3, 0.4) is 0 Å². The summed E-state index contributed by atoms with van der Waals surface area (Å²) in [5.74, 6) is 0. The minimum atomic E-state index is -1.16. The fourth-order valence-corrected chi connectivity index (χ4v) is 1.15. The molecule has 1 fully saturated rings. The monoisotopic (exact) mass is 199 g/mol. The van der Waals surface area contributed by atoms with Crippen LogP contribution in [0.15, 0.2) is 0 Å². The van der Waals surface area contributed by atoms with Crippen molar-refractivity contribution in [1.29, 1.82) is 0 Å². The Bertz CT molecular complexity index is 135. The van der Waals surface area contributed by atoms with Crippen LogP contribution in [0.1, 0.15) is 0 Å². The molecule has 6 heteroatoms. The molecule has 1 saturated heterocycles. The summed E-state index contributed by atoms with van der Waals surface area (Å²) >= 11 is 0. The third-order valence-electron chi connectivity index (χ3n) is 1.94. The molecule has 0 aromatic heterocycles. The summed E-state index contributed by atoms with van der Waals surface area (Å²) in [5.41, 5.74) is 0. The van der Waals surface area contributed by atoms with Gasteiger partial charge in [0, 0.05) is 6.54 Å². The van der Waals surface area contributed by atoms with Gasteiger partial charge in [-0.2, -0.15) is 0 Å². The molecule has 5 N–H and O–H groups in total. The smallest absolute Gasteiger partial charge is 0.109 e. The van der Waals surface area contributed by atoms with Crippen LogP contribution in [-0.2, 0) is 0 Å². The van der Waals surface area contributed by atoms with Crippen molar-refractivity contribution in [2.45, 2.75) is 24.4 Å². The minimum absolute atomic E-state index is 0. The SMILES string of the molecule is Cl.OC[C@H]1NC[C@@H](O)[C@@H](O)C1O. The van der Waals surface area contributed by atoms with Gasteiger partial charge in [-0.15, -0.1) is 12.4 Å². The van der Waals surface area contributed by atoms with Gasteiger partial charge < -0.3 is 25.7 Å². The third kappa shape index (κ3) is 2.29. The molecule has 4 atom stereocenters. The summed E-state index contributed by atoms with van der Waals surface area (Å²) in [6.07, 6.45) is -3.20. The first kappa shape index (κ1) is 12.1. The predicted octanol–water partition coefficient (Wildman–Crippen LogP) is -2.54. The fourth-order valence-electron chi connectivity index (χ4n) is 1.15. The number of aliphatic hydroxyl groups is 4. The Morgan fingerprint density at radius 1 is 1.17 bits per heavy atom. The molecule has 0 aromatic rings. The zero-order chi connectivity index (χ0) is 8.43. The maximum atomic E-state index is 9.18. The Balaban J connectivity index is 0.00000121. The molecule has 5 nitrogen and oxygen atoms in total. The minimum Gasteiger partial charge on any atom is -0.395 e. The highest BCUT2D eigenvalue weighted by Gasteiger charge is 2.35. The Morgan fingerprint density at radius 3 is 2.25 bits per heavy atom. The molecule has 1 aliphatic heterocycles. The van der Waals surface area contributed by atoms with E-state index in [1.165, 1.54) is 0 Å². The summed E-state index contributed by atoms with van der Waals surface area (Å²) in [6, 6.07) is -0.534. The summed E-state index contributed by atoms with van der Waals surface area (Å²) in [4.78, 5) is 0. The number of halogens is 1. The van der Waals surface area contributed by atoms with Crippen LogP contribution in [0.25, 0.3) is 0 Å². The van der Waals surface area contributed by atoms with E-state index in [0.717, 1.165) is 0 Å². The topological polar surface area (TPSA) is 93.0 Å². The number of β-amino-alcohol motifs (C(OH)–C–C–N with tert-alkyl or cyclic N) is 1. The van der Waals surface area contributed by atoms with Crippen LogP contribution in [-0.4, -0.2) is 57.9 Å². The van der Waals surface area contributed by atoms with Crippen molar-refractivity contribution in [2.24, 2.45) is 0 Å². The van der Waals surface area contributed by atoms with Crippen molar-refractivity contribution < 1.29 is 20.4 Å². The Hall–Kier alpha value is 0.0900. The van der Waals surface area contributed by atoms with E-state index in [0.29, 0.717) is 0 Å². The molecule has 0 spiro atoms. The molecule has 1 heterocycles. The standard InChI is InChI=1S/C6H13NO4.ClH/c8-2-3-5(10)6(11)4(9)1-7-3;/h3-11H,1-2H2;1H/t3-,4-,5?,6-;/m1./s1. The van der Waals surface area contributed by atoms with Gasteiger partial charge in [-0.05, 0) is 0 Å². The van der Waals surface area contributed by atoms with E-state index in [2.05, 4.69) is 5.32 Å². The molecule has 0 saturated carbocycles. The normalized spacial score (nSPS) is 42.0. The number of nitrogens with one attached hydrogen (secondary N) is 1. The lowest BCUT2D eigenvalue weighted by atomic mass is 9.97. The van der Waals surface area contributed by atoms with Crippen molar-refractivity contribution >= 4 is 12.4 Å². The molecule has 0 aromatic carbocycles. The average Bonchev–Trinajstić information content (AvgIpc) is 2.01. The van der Waals surface area contributed by atoms with E-state index in [4.69, 9.17) is 15.3 Å². The molecule has 0 amide bonds. The average molecular weight is 200 g/mol. The van der Waals surface area contributed by atoms with E-state index in [1.807, 2.05) is 0 Å². The number of aliphatic hydroxyl groups excluding tert-OH is 4. The lowest BCUT2D eigenvalue weighted by molar-refractivity contribution is -0.101. The largest absolute Gasteiger partial charge is 0.395 e. The van der Waals surface area contributed by atoms with E-state index in [1.54, 1.807) is 0 Å². The van der Waals surface area contributed by atoms with Gasteiger partial charge in [0.1, 0.15) is 6.10 Å². The van der Waals surface area contributed by atoms with Gasteiger partial charge in [0.25, 0.3) is 0 Å². The van der Waals surface area contributed by atoms with Crippen LogP contribution in [0, 0.1) is 0 Å². The molecule has 1 aliphatic rings. The van der Waals surface area contributed by atoms with Gasteiger partial charge in [-0.25, -0.2) is 0 Å². The van der Waals surface area contributed by atoms with Gasteiger partial charge in [0.15, 0.2) is 0 Å².